The molecule has 0 radical (unpaired) electrons. The Morgan fingerprint density at radius 1 is 0.206 bits per heavy atom. The average molecular weight is 765 g/mol. The second kappa shape index (κ2) is 4.94. The summed E-state index contributed by atoms with van der Waals surface area (Å²) in [5.41, 5.74) is 7.21. The fraction of sp³-hybridized carbons (Fsp3) is 0.0794. The normalized spacial score (nSPS) is 21.8. The Morgan fingerprint density at radius 3 is 0.540 bits per heavy atom. The Kier molecular flexibility index (Phi) is 1.77. The molecule has 0 atom stereocenters. The summed E-state index contributed by atoms with van der Waals surface area (Å²) in [6.45, 7) is 2.55. The van der Waals surface area contributed by atoms with Crippen LogP contribution < -0.4 is 0 Å². The highest BCUT2D eigenvalue weighted by atomic mass is 14.6. The Hall–Kier alpha value is -7.54. The quantitative estimate of drug-likeness (QED) is 0.154. The largest absolute Gasteiger partial charge is 0.0653 e. The molecule has 63 heavy (non-hydrogen) atoms. The first-order chi connectivity index (χ1) is 31.4. The molecule has 0 saturated heterocycles. The second-order valence-electron chi connectivity index (χ2n) is 24.0. The predicted molar refractivity (Wildman–Crippen MR) is 270 cm³/mol. The number of benzene rings is 18. The molecule has 0 fully saturated rings. The standard InChI is InChI=1S/C63H8/c1-2-3-63-60-56-50-36-28-20-8-5-4-6-9(8)21-23-19-13(6)15-11-7(4)10-14-12(5)18-22(20)34(36)42-40-26(18)24(14)32-30-16(10)17(11)31-33-25(15)27(19)41-43-35(23)37(29(21)28)51(50)57(60)53(43)55-47(41)45(33)49-39(31)38(30)48-44(32)46(40)54(52(42)56)61(63)58(48)59(49)62(55)63/h60H,2-3H2,1H3. The lowest BCUT2D eigenvalue weighted by atomic mass is 9.56. The molecule has 4 aliphatic rings. The van der Waals surface area contributed by atoms with Gasteiger partial charge in [0.05, 0.1) is 0 Å². The van der Waals surface area contributed by atoms with E-state index in [-0.39, 0.29) is 5.41 Å². The molecule has 32 rings (SSSR count). The molecule has 0 saturated carbocycles. The Morgan fingerprint density at radius 2 is 0.349 bits per heavy atom. The monoisotopic (exact) mass is 764 g/mol. The molecule has 0 spiro atoms. The highest BCUT2D eigenvalue weighted by Gasteiger charge is 2.62. The topological polar surface area (TPSA) is 0 Å². The fourth-order valence-corrected chi connectivity index (χ4v) is 24.1. The van der Waals surface area contributed by atoms with Gasteiger partial charge in [-0.2, -0.15) is 0 Å². The van der Waals surface area contributed by atoms with E-state index in [4.69, 9.17) is 0 Å². The average Bonchev–Trinajstić information content (AvgIpc) is 4.13. The summed E-state index contributed by atoms with van der Waals surface area (Å²) in [4.78, 5) is 0. The van der Waals surface area contributed by atoms with Crippen LogP contribution in [0.4, 0.5) is 0 Å². The SMILES string of the molecule is CCCC12c3c4c5c6c7c8c(c9c%10c1c1c3c3c%11c4c4c5c5c7c7c%12c8c8c9c9c%10c%10c1c1c3c3c%11c%11c4c4c5c7c5c7c%12c8c8c9c9c%10c1c1c3c3c%11c4c5c4c7c8c9c1c34)C62. The lowest BCUT2D eigenvalue weighted by molar-refractivity contribution is 0.434. The van der Waals surface area contributed by atoms with Crippen LogP contribution in [-0.4, -0.2) is 0 Å². The van der Waals surface area contributed by atoms with E-state index in [9.17, 15) is 0 Å². The summed E-state index contributed by atoms with van der Waals surface area (Å²) in [7, 11) is 0. The summed E-state index contributed by atoms with van der Waals surface area (Å²) >= 11 is 0. The van der Waals surface area contributed by atoms with Crippen molar-refractivity contribution in [1.29, 1.82) is 0 Å². The third-order valence-corrected chi connectivity index (χ3v) is 23.9. The van der Waals surface area contributed by atoms with E-state index in [1.54, 1.807) is 302 Å². The van der Waals surface area contributed by atoms with E-state index < -0.39 is 0 Å². The van der Waals surface area contributed by atoms with Gasteiger partial charge in [0, 0.05) is 11.3 Å². The molecular weight excluding hydrogens is 757 g/mol. The fourth-order valence-electron chi connectivity index (χ4n) is 24.1. The number of rotatable bonds is 2. The van der Waals surface area contributed by atoms with Gasteiger partial charge in [0.2, 0.25) is 0 Å². The van der Waals surface area contributed by atoms with Crippen molar-refractivity contribution in [2.45, 2.75) is 31.1 Å². The van der Waals surface area contributed by atoms with Crippen LogP contribution in [0, 0.1) is 0 Å². The minimum atomic E-state index is -0.0416. The molecule has 28 aromatic rings. The first-order valence-corrected chi connectivity index (χ1v) is 24.2. The molecule has 4 aliphatic carbocycles. The maximum absolute atomic E-state index is 2.55. The van der Waals surface area contributed by atoms with E-state index >= 15 is 0 Å². The van der Waals surface area contributed by atoms with Crippen LogP contribution in [0.15, 0.2) is 0 Å². The van der Waals surface area contributed by atoms with Gasteiger partial charge in [-0.3, -0.25) is 0 Å². The molecule has 0 nitrogen and oxygen atoms in total. The van der Waals surface area contributed by atoms with Gasteiger partial charge >= 0.3 is 0 Å². The Bertz CT molecular complexity index is 6650. The maximum Gasteiger partial charge on any atom is 0.0338 e. The molecule has 0 heteroatoms. The molecular formula is C63H8. The summed E-state index contributed by atoms with van der Waals surface area (Å²) in [5.74, 6) is 0.392. The van der Waals surface area contributed by atoms with Crippen molar-refractivity contribution in [2.24, 2.45) is 0 Å². The third kappa shape index (κ3) is 1.14. The van der Waals surface area contributed by atoms with E-state index in [1.807, 2.05) is 11.1 Å². The predicted octanol–water partition coefficient (Wildman–Crippen LogP) is 17.9. The molecule has 0 aromatic heterocycles. The highest BCUT2D eigenvalue weighted by Crippen LogP contribution is 2.83. The van der Waals surface area contributed by atoms with Crippen molar-refractivity contribution < 1.29 is 0 Å². The van der Waals surface area contributed by atoms with Crippen molar-refractivity contribution in [3.63, 3.8) is 0 Å². The van der Waals surface area contributed by atoms with Crippen LogP contribution in [0.2, 0.25) is 0 Å². The zero-order chi connectivity index (χ0) is 37.0. The van der Waals surface area contributed by atoms with Gasteiger partial charge in [-0.05, 0) is 320 Å². The smallest absolute Gasteiger partial charge is 0.0338 e. The first kappa shape index (κ1) is 22.5. The summed E-state index contributed by atoms with van der Waals surface area (Å²) in [6, 6.07) is 0. The zero-order valence-corrected chi connectivity index (χ0v) is 32.5. The molecule has 0 heterocycles. The second-order valence-corrected chi connectivity index (χ2v) is 24.0. The number of hydrogen-bond donors (Lipinski definition) is 0. The zero-order valence-electron chi connectivity index (χ0n) is 32.5. The van der Waals surface area contributed by atoms with Crippen LogP contribution in [-0.2, 0) is 5.41 Å². The molecule has 0 N–H and O–H groups in total. The first-order valence-electron chi connectivity index (χ1n) is 24.2. The maximum atomic E-state index is 2.55. The minimum Gasteiger partial charge on any atom is -0.0653 e. The van der Waals surface area contributed by atoms with E-state index in [1.165, 1.54) is 12.8 Å². The molecule has 0 bridgehead atoms. The Labute approximate surface area is 342 Å². The molecule has 28 aromatic carbocycles. The van der Waals surface area contributed by atoms with Crippen LogP contribution >= 0.6 is 0 Å². The lowest BCUT2D eigenvalue weighted by Crippen LogP contribution is -2.37. The highest BCUT2D eigenvalue weighted by molar-refractivity contribution is 6.82. The van der Waals surface area contributed by atoms with E-state index in [2.05, 4.69) is 6.92 Å². The van der Waals surface area contributed by atoms with Crippen molar-refractivity contribution in [2.75, 3.05) is 0 Å². The van der Waals surface area contributed by atoms with Crippen molar-refractivity contribution in [3.8, 4) is 0 Å². The van der Waals surface area contributed by atoms with Gasteiger partial charge in [0.15, 0.2) is 0 Å². The van der Waals surface area contributed by atoms with Crippen LogP contribution in [0.1, 0.15) is 47.9 Å². The van der Waals surface area contributed by atoms with Crippen molar-refractivity contribution >= 4 is 291 Å². The van der Waals surface area contributed by atoms with E-state index in [0.29, 0.717) is 5.92 Å². The van der Waals surface area contributed by atoms with Gasteiger partial charge in [0.1, 0.15) is 0 Å². The molecule has 260 valence electrons. The van der Waals surface area contributed by atoms with Crippen LogP contribution in [0.3, 0.4) is 0 Å². The van der Waals surface area contributed by atoms with Crippen LogP contribution in [0.5, 0.6) is 0 Å². The summed E-state index contributed by atoms with van der Waals surface area (Å²) < 4.78 is 0. The van der Waals surface area contributed by atoms with Crippen molar-refractivity contribution in [3.05, 3.63) is 22.3 Å². The lowest BCUT2D eigenvalue weighted by Gasteiger charge is -2.45. The van der Waals surface area contributed by atoms with Crippen LogP contribution in [0.25, 0.3) is 291 Å². The summed E-state index contributed by atoms with van der Waals surface area (Å²) in [6.07, 6.45) is 2.46. The number of hydrogen-bond acceptors (Lipinski definition) is 0. The van der Waals surface area contributed by atoms with Crippen molar-refractivity contribution in [1.82, 2.24) is 0 Å². The van der Waals surface area contributed by atoms with Gasteiger partial charge in [-0.15, -0.1) is 0 Å². The summed E-state index contributed by atoms with van der Waals surface area (Å²) in [5, 5.41) is 91.6. The molecule has 0 unspecified atom stereocenters. The van der Waals surface area contributed by atoms with Gasteiger partial charge in [0.25, 0.3) is 0 Å². The van der Waals surface area contributed by atoms with Gasteiger partial charge in [-0.1, -0.05) is 13.3 Å². The third-order valence-electron chi connectivity index (χ3n) is 23.9. The van der Waals surface area contributed by atoms with Gasteiger partial charge < -0.3 is 0 Å². The molecule has 0 amide bonds. The molecule has 0 aliphatic heterocycles. The Balaban J connectivity index is 1.30. The van der Waals surface area contributed by atoms with Gasteiger partial charge in [-0.25, -0.2) is 0 Å². The minimum absolute atomic E-state index is 0.0416. The van der Waals surface area contributed by atoms with E-state index in [0.717, 1.165) is 0 Å².